The molecule has 2 heterocycles. The average molecular weight is 487 g/mol. The Labute approximate surface area is 209 Å². The number of aliphatic imine (C=N–C) groups is 2. The van der Waals surface area contributed by atoms with Crippen molar-refractivity contribution in [2.75, 3.05) is 26.2 Å². The van der Waals surface area contributed by atoms with E-state index in [1.54, 1.807) is 24.4 Å². The highest BCUT2D eigenvalue weighted by atomic mass is 35.5. The molecular formula is C26H23ClN6O2. The van der Waals surface area contributed by atoms with E-state index >= 15 is 0 Å². The van der Waals surface area contributed by atoms with Crippen LogP contribution in [-0.4, -0.2) is 53.8 Å². The van der Waals surface area contributed by atoms with Gasteiger partial charge in [-0.15, -0.1) is 12.4 Å². The Hall–Kier alpha value is -4.35. The van der Waals surface area contributed by atoms with Crippen molar-refractivity contribution in [3.8, 4) is 6.07 Å². The third-order valence-corrected chi connectivity index (χ3v) is 5.80. The number of rotatable bonds is 3. The average Bonchev–Trinajstić information content (AvgIpc) is 3.23. The van der Waals surface area contributed by atoms with Crippen molar-refractivity contribution in [1.82, 2.24) is 9.80 Å². The van der Waals surface area contributed by atoms with Crippen LogP contribution in [0.15, 0.2) is 88.6 Å². The molecule has 0 spiro atoms. The molecule has 1 saturated heterocycles. The number of hydrogen-bond donors (Lipinski definition) is 1. The summed E-state index contributed by atoms with van der Waals surface area (Å²) >= 11 is 0. The number of carbonyl (C=O) groups excluding carboxylic acids is 1. The minimum atomic E-state index is -0.455. The van der Waals surface area contributed by atoms with E-state index < -0.39 is 5.97 Å². The van der Waals surface area contributed by atoms with Gasteiger partial charge in [-0.05, 0) is 35.0 Å². The zero-order valence-electron chi connectivity index (χ0n) is 18.8. The number of halogens is 1. The maximum absolute atomic E-state index is 12.5. The van der Waals surface area contributed by atoms with Gasteiger partial charge in [0, 0.05) is 37.9 Å². The first-order chi connectivity index (χ1) is 16.6. The predicted octanol–water partition coefficient (Wildman–Crippen LogP) is 3.54. The first kappa shape index (κ1) is 23.8. The molecule has 2 N–H and O–H groups in total. The quantitative estimate of drug-likeness (QED) is 0.262. The van der Waals surface area contributed by atoms with Gasteiger partial charge in [0.1, 0.15) is 0 Å². The third-order valence-electron chi connectivity index (χ3n) is 5.80. The number of nitrogens with zero attached hydrogens (tertiary/aromatic N) is 5. The number of esters is 1. The second-order valence-electron chi connectivity index (χ2n) is 8.00. The van der Waals surface area contributed by atoms with Crippen molar-refractivity contribution in [1.29, 1.82) is 5.26 Å². The molecule has 3 aromatic rings. The van der Waals surface area contributed by atoms with E-state index in [1.807, 2.05) is 58.3 Å². The molecule has 2 aliphatic rings. The molecule has 5 rings (SSSR count). The first-order valence-electron chi connectivity index (χ1n) is 10.9. The van der Waals surface area contributed by atoms with Gasteiger partial charge in [-0.1, -0.05) is 42.5 Å². The molecule has 0 bridgehead atoms. The number of nitriles is 1. The molecule has 9 heteroatoms. The minimum Gasteiger partial charge on any atom is -0.402 e. The third kappa shape index (κ3) is 5.10. The molecule has 35 heavy (non-hydrogen) atoms. The molecule has 8 nitrogen and oxygen atoms in total. The molecule has 0 amide bonds. The summed E-state index contributed by atoms with van der Waals surface area (Å²) in [6.07, 6.45) is 1.75. The highest BCUT2D eigenvalue weighted by Crippen LogP contribution is 2.24. The number of piperazine rings is 1. The second kappa shape index (κ2) is 10.3. The summed E-state index contributed by atoms with van der Waals surface area (Å²) in [6, 6.07) is 22.9. The highest BCUT2D eigenvalue weighted by molar-refractivity contribution is 6.16. The first-order valence-corrected chi connectivity index (χ1v) is 10.9. The zero-order chi connectivity index (χ0) is 23.5. The molecule has 0 radical (unpaired) electrons. The lowest BCUT2D eigenvalue weighted by molar-refractivity contribution is -0.130. The molecule has 0 saturated carbocycles. The summed E-state index contributed by atoms with van der Waals surface area (Å²) in [5, 5.41) is 11.1. The van der Waals surface area contributed by atoms with Gasteiger partial charge in [-0.3, -0.25) is 0 Å². The number of fused-ring (bicyclic) bond motifs is 1. The van der Waals surface area contributed by atoms with E-state index in [1.165, 1.54) is 0 Å². The Bertz CT molecular complexity index is 1390. The van der Waals surface area contributed by atoms with Crippen LogP contribution in [0.25, 0.3) is 10.8 Å². The number of ether oxygens (including phenoxy) is 1. The largest absolute Gasteiger partial charge is 0.402 e. The Balaban J connectivity index is 0.00000289. The molecule has 0 unspecified atom stereocenters. The normalized spacial score (nSPS) is 17.1. The van der Waals surface area contributed by atoms with Gasteiger partial charge in [0.2, 0.25) is 5.90 Å². The fraction of sp³-hybridized carbons (Fsp3) is 0.154. The van der Waals surface area contributed by atoms with Crippen LogP contribution >= 0.6 is 12.4 Å². The van der Waals surface area contributed by atoms with Crippen molar-refractivity contribution >= 4 is 46.7 Å². The van der Waals surface area contributed by atoms with Crippen LogP contribution in [0.4, 0.5) is 5.69 Å². The molecule has 176 valence electrons. The number of benzene rings is 3. The van der Waals surface area contributed by atoms with Crippen LogP contribution in [0.3, 0.4) is 0 Å². The van der Waals surface area contributed by atoms with Gasteiger partial charge in [0.05, 0.1) is 17.3 Å². The van der Waals surface area contributed by atoms with Crippen LogP contribution in [0, 0.1) is 11.3 Å². The summed E-state index contributed by atoms with van der Waals surface area (Å²) in [7, 11) is 0. The standard InChI is InChI=1S/C26H22N6O2.ClH/c27-16-18-5-3-8-20(15-18)29-26(28)32-13-11-31(12-14-32)17-23-25(33)34-24(30-23)22-10-4-7-19-6-1-2-9-21(19)22;/h1-10,15,17H,11-14H2,(H2,28,29);1H. The summed E-state index contributed by atoms with van der Waals surface area (Å²) in [5.74, 6) is 0.269. The minimum absolute atomic E-state index is 0. The molecule has 0 aliphatic carbocycles. The molecule has 3 aromatic carbocycles. The van der Waals surface area contributed by atoms with E-state index in [2.05, 4.69) is 16.1 Å². The molecule has 0 aromatic heterocycles. The van der Waals surface area contributed by atoms with Crippen LogP contribution in [0.1, 0.15) is 11.1 Å². The van der Waals surface area contributed by atoms with E-state index in [4.69, 9.17) is 15.7 Å². The predicted molar refractivity (Wildman–Crippen MR) is 137 cm³/mol. The van der Waals surface area contributed by atoms with Gasteiger partial charge in [-0.25, -0.2) is 14.8 Å². The number of carbonyl (C=O) groups is 1. The highest BCUT2D eigenvalue weighted by Gasteiger charge is 2.27. The van der Waals surface area contributed by atoms with Crippen LogP contribution in [0.2, 0.25) is 0 Å². The van der Waals surface area contributed by atoms with Crippen molar-refractivity contribution in [2.24, 2.45) is 15.7 Å². The Kier molecular flexibility index (Phi) is 6.99. The molecule has 0 atom stereocenters. The van der Waals surface area contributed by atoms with E-state index in [9.17, 15) is 4.79 Å². The van der Waals surface area contributed by atoms with E-state index in [0.29, 0.717) is 49.3 Å². The SMILES string of the molecule is Cl.N#Cc1cccc(N=C(N)N2CCN(C=C3N=C(c4cccc5ccccc45)OC3=O)CC2)c1. The Morgan fingerprint density at radius 1 is 1.06 bits per heavy atom. The molecule has 2 aliphatic heterocycles. The van der Waals surface area contributed by atoms with Crippen molar-refractivity contribution < 1.29 is 9.53 Å². The summed E-state index contributed by atoms with van der Waals surface area (Å²) in [5.41, 5.74) is 8.46. The Morgan fingerprint density at radius 3 is 2.60 bits per heavy atom. The number of nitrogens with two attached hydrogens (primary N) is 1. The van der Waals surface area contributed by atoms with Crippen LogP contribution in [-0.2, 0) is 9.53 Å². The fourth-order valence-electron chi connectivity index (χ4n) is 4.03. The zero-order valence-corrected chi connectivity index (χ0v) is 19.6. The van der Waals surface area contributed by atoms with Gasteiger partial charge in [-0.2, -0.15) is 5.26 Å². The maximum atomic E-state index is 12.5. The van der Waals surface area contributed by atoms with Gasteiger partial charge in [0.25, 0.3) is 0 Å². The van der Waals surface area contributed by atoms with Crippen molar-refractivity contribution in [3.63, 3.8) is 0 Å². The lowest BCUT2D eigenvalue weighted by Crippen LogP contribution is -2.49. The van der Waals surface area contributed by atoms with Crippen LogP contribution < -0.4 is 5.73 Å². The lowest BCUT2D eigenvalue weighted by Gasteiger charge is -2.34. The number of hydrogen-bond acceptors (Lipinski definition) is 6. The van der Waals surface area contributed by atoms with Crippen molar-refractivity contribution in [2.45, 2.75) is 0 Å². The second-order valence-corrected chi connectivity index (χ2v) is 8.00. The topological polar surface area (TPSA) is 107 Å². The van der Waals surface area contributed by atoms with E-state index in [0.717, 1.165) is 16.3 Å². The Morgan fingerprint density at radius 2 is 1.80 bits per heavy atom. The smallest absolute Gasteiger partial charge is 0.365 e. The number of guanidine groups is 1. The van der Waals surface area contributed by atoms with Gasteiger partial charge in [0.15, 0.2) is 11.7 Å². The maximum Gasteiger partial charge on any atom is 0.365 e. The summed E-state index contributed by atoms with van der Waals surface area (Å²) in [6.45, 7) is 2.60. The van der Waals surface area contributed by atoms with Gasteiger partial charge >= 0.3 is 5.97 Å². The monoisotopic (exact) mass is 486 g/mol. The lowest BCUT2D eigenvalue weighted by atomic mass is 10.0. The molecular weight excluding hydrogens is 464 g/mol. The van der Waals surface area contributed by atoms with Gasteiger partial charge < -0.3 is 20.3 Å². The van der Waals surface area contributed by atoms with E-state index in [-0.39, 0.29) is 18.1 Å². The fourth-order valence-corrected chi connectivity index (χ4v) is 4.03. The number of cyclic esters (lactones) is 1. The summed E-state index contributed by atoms with van der Waals surface area (Å²) in [4.78, 5) is 25.4. The van der Waals surface area contributed by atoms with Crippen LogP contribution in [0.5, 0.6) is 0 Å². The summed E-state index contributed by atoms with van der Waals surface area (Å²) < 4.78 is 5.50. The van der Waals surface area contributed by atoms with Crippen molar-refractivity contribution in [3.05, 3.63) is 89.8 Å². The molecule has 1 fully saturated rings.